The van der Waals surface area contributed by atoms with Gasteiger partial charge in [-0.2, -0.15) is 0 Å². The Labute approximate surface area is 392 Å². The summed E-state index contributed by atoms with van der Waals surface area (Å²) in [5, 5.41) is 18.0. The zero-order valence-corrected chi connectivity index (χ0v) is 40.4. The number of pyridine rings is 2. The Morgan fingerprint density at radius 1 is 0.424 bits per heavy atom. The molecule has 0 spiro atoms. The average Bonchev–Trinajstić information content (AvgIpc) is 3.27. The molecule has 0 aliphatic heterocycles. The van der Waals surface area contributed by atoms with Crippen molar-refractivity contribution in [2.75, 3.05) is 76.1 Å². The van der Waals surface area contributed by atoms with Crippen LogP contribution in [0.5, 0.6) is 0 Å². The van der Waals surface area contributed by atoms with Gasteiger partial charge in [0.15, 0.2) is 0 Å². The van der Waals surface area contributed by atoms with Crippen molar-refractivity contribution in [2.45, 2.75) is 104 Å². The smallest absolute Gasteiger partial charge is 0.407 e. The molecule has 2 heterocycles. The molecule has 4 aromatic carbocycles. The highest BCUT2D eigenvalue weighted by Gasteiger charge is 2.18. The number of unbranched alkanes of at least 4 members (excludes halogenated alkanes) is 3. The molecule has 0 saturated carbocycles. The lowest BCUT2D eigenvalue weighted by atomic mass is 10.1. The van der Waals surface area contributed by atoms with Gasteiger partial charge in [-0.15, -0.1) is 0 Å². The molecule has 6 rings (SSSR count). The lowest BCUT2D eigenvalue weighted by molar-refractivity contribution is 0.0513. The van der Waals surface area contributed by atoms with Crippen molar-refractivity contribution in [1.29, 1.82) is 0 Å². The Morgan fingerprint density at radius 3 is 1.03 bits per heavy atom. The van der Waals surface area contributed by atoms with Crippen LogP contribution in [0.2, 0.25) is 0 Å². The van der Waals surface area contributed by atoms with Gasteiger partial charge in [0.2, 0.25) is 0 Å². The fraction of sp³-hybridized carbons (Fsp3) is 0.481. The average molecular weight is 899 g/mol. The molecule has 0 aliphatic carbocycles. The first-order valence-electron chi connectivity index (χ1n) is 24.2. The fourth-order valence-corrected chi connectivity index (χ4v) is 8.36. The summed E-state index contributed by atoms with van der Waals surface area (Å²) < 4.78 is 10.9. The predicted molar refractivity (Wildman–Crippen MR) is 274 cm³/mol. The predicted octanol–water partition coefficient (Wildman–Crippen LogP) is 11.4. The van der Waals surface area contributed by atoms with E-state index in [0.717, 1.165) is 159 Å². The van der Waals surface area contributed by atoms with Crippen LogP contribution in [0.15, 0.2) is 97.1 Å². The molecule has 0 saturated heterocycles. The summed E-state index contributed by atoms with van der Waals surface area (Å²) in [4.78, 5) is 39.6. The molecule has 2 aromatic heterocycles. The maximum atomic E-state index is 12.4. The summed E-state index contributed by atoms with van der Waals surface area (Å²) in [6, 6.07) is 33.4. The van der Waals surface area contributed by atoms with E-state index in [1.807, 2.05) is 65.8 Å². The Morgan fingerprint density at radius 2 is 0.712 bits per heavy atom. The van der Waals surface area contributed by atoms with E-state index >= 15 is 0 Å². The normalized spacial score (nSPS) is 12.1. The number of fused-ring (bicyclic) bond motifs is 4. The van der Waals surface area contributed by atoms with Crippen molar-refractivity contribution >= 4 is 67.2 Å². The lowest BCUT2D eigenvalue weighted by Gasteiger charge is -2.25. The van der Waals surface area contributed by atoms with Crippen molar-refractivity contribution in [3.8, 4) is 0 Å². The second-order valence-corrected chi connectivity index (χ2v) is 19.3. The summed E-state index contributed by atoms with van der Waals surface area (Å²) in [6.07, 6.45) is 7.29. The third kappa shape index (κ3) is 16.0. The fourth-order valence-electron chi connectivity index (χ4n) is 8.36. The molecule has 0 atom stereocenters. The maximum absolute atomic E-state index is 12.4. The molecule has 0 aliphatic rings. The highest BCUT2D eigenvalue weighted by atomic mass is 16.6. The van der Waals surface area contributed by atoms with Crippen LogP contribution in [0.25, 0.3) is 43.6 Å². The number of carbonyl (C=O) groups excluding carboxylic acids is 2. The first-order valence-corrected chi connectivity index (χ1v) is 24.2. The molecule has 2 amide bonds. The van der Waals surface area contributed by atoms with Crippen molar-refractivity contribution < 1.29 is 19.1 Å². The maximum Gasteiger partial charge on any atom is 0.407 e. The van der Waals surface area contributed by atoms with Gasteiger partial charge in [-0.3, -0.25) is 0 Å². The first-order chi connectivity index (χ1) is 31.8. The number of para-hydroxylation sites is 4. The molecule has 12 nitrogen and oxygen atoms in total. The molecule has 6 aromatic rings. The van der Waals surface area contributed by atoms with Crippen LogP contribution < -0.4 is 21.3 Å². The van der Waals surface area contributed by atoms with Crippen LogP contribution in [0.4, 0.5) is 21.0 Å². The minimum absolute atomic E-state index is 0.368. The second kappa shape index (κ2) is 24.7. The summed E-state index contributed by atoms with van der Waals surface area (Å²) >= 11 is 0. The third-order valence-electron chi connectivity index (χ3n) is 11.4. The Hall–Kier alpha value is -5.72. The van der Waals surface area contributed by atoms with E-state index in [1.165, 1.54) is 0 Å². The third-order valence-corrected chi connectivity index (χ3v) is 11.4. The van der Waals surface area contributed by atoms with Gasteiger partial charge in [0.1, 0.15) is 11.2 Å². The van der Waals surface area contributed by atoms with Gasteiger partial charge in [-0.05, 0) is 156 Å². The van der Waals surface area contributed by atoms with Crippen molar-refractivity contribution in [1.82, 2.24) is 30.4 Å². The van der Waals surface area contributed by atoms with E-state index in [2.05, 4.69) is 104 Å². The molecule has 12 heteroatoms. The number of anilines is 2. The minimum Gasteiger partial charge on any atom is -0.444 e. The van der Waals surface area contributed by atoms with Crippen molar-refractivity contribution in [3.05, 3.63) is 97.1 Å². The molecule has 0 unspecified atom stereocenters. The number of benzene rings is 4. The largest absolute Gasteiger partial charge is 0.444 e. The topological polar surface area (TPSA) is 133 Å². The van der Waals surface area contributed by atoms with Crippen LogP contribution in [0.1, 0.15) is 92.9 Å². The highest BCUT2D eigenvalue weighted by Crippen LogP contribution is 2.32. The van der Waals surface area contributed by atoms with Crippen LogP contribution in [-0.2, 0) is 9.47 Å². The summed E-state index contributed by atoms with van der Waals surface area (Å²) in [7, 11) is 0. The van der Waals surface area contributed by atoms with E-state index in [4.69, 9.17) is 19.4 Å². The zero-order valence-electron chi connectivity index (χ0n) is 40.4. The van der Waals surface area contributed by atoms with Crippen LogP contribution in [-0.4, -0.2) is 109 Å². The van der Waals surface area contributed by atoms with E-state index < -0.39 is 11.2 Å². The number of aromatic nitrogens is 2. The monoisotopic (exact) mass is 899 g/mol. The zero-order chi connectivity index (χ0) is 46.8. The van der Waals surface area contributed by atoms with Gasteiger partial charge < -0.3 is 40.5 Å². The molecule has 0 bridgehead atoms. The van der Waals surface area contributed by atoms with E-state index in [0.29, 0.717) is 13.1 Å². The Balaban J connectivity index is 1.01. The van der Waals surface area contributed by atoms with Gasteiger partial charge in [0, 0.05) is 47.7 Å². The molecular formula is C54H74N8O4. The quantitative estimate of drug-likeness (QED) is 0.0325. The molecule has 66 heavy (non-hydrogen) atoms. The van der Waals surface area contributed by atoms with Gasteiger partial charge >= 0.3 is 12.2 Å². The second-order valence-electron chi connectivity index (χ2n) is 19.3. The molecular weight excluding hydrogens is 825 g/mol. The lowest BCUT2D eigenvalue weighted by Crippen LogP contribution is -2.35. The molecule has 0 radical (unpaired) electrons. The van der Waals surface area contributed by atoms with E-state index in [9.17, 15) is 9.59 Å². The van der Waals surface area contributed by atoms with Crippen LogP contribution in [0.3, 0.4) is 0 Å². The standard InChI is InChI=1S/C54H74N8O4/c1-53(2,3)65-51(63)57-33-21-39-61(35-17-15-31-55-49-41-23-7-11-27-45(41)59-46-28-12-8-24-42(46)49)37-19-20-38-62(40-22-34-58-52(64)66-54(4,5)6)36-18-16-32-56-50-43-25-9-13-29-47(43)60-48-30-14-10-26-44(48)50/h7-14,23-30H,15-22,31-40H2,1-6H3,(H,55,59)(H,56,60)(H,57,63)(H,58,64). The number of hydrogen-bond acceptors (Lipinski definition) is 10. The van der Waals surface area contributed by atoms with Gasteiger partial charge in [-0.25, -0.2) is 19.6 Å². The summed E-state index contributed by atoms with van der Waals surface area (Å²) in [6.45, 7) is 19.9. The number of carbonyl (C=O) groups is 2. The Kier molecular flexibility index (Phi) is 18.6. The van der Waals surface area contributed by atoms with Crippen molar-refractivity contribution in [2.24, 2.45) is 0 Å². The van der Waals surface area contributed by atoms with Crippen LogP contribution >= 0.6 is 0 Å². The number of nitrogens with one attached hydrogen (secondary N) is 4. The van der Waals surface area contributed by atoms with E-state index in [-0.39, 0.29) is 12.2 Å². The van der Waals surface area contributed by atoms with Crippen LogP contribution in [0, 0.1) is 0 Å². The number of hydrogen-bond donors (Lipinski definition) is 4. The summed E-state index contributed by atoms with van der Waals surface area (Å²) in [5.41, 5.74) is 5.26. The number of nitrogens with zero attached hydrogens (tertiary/aromatic N) is 4. The highest BCUT2D eigenvalue weighted by molar-refractivity contribution is 6.08. The Bertz CT molecular complexity index is 2180. The molecule has 354 valence electrons. The molecule has 4 N–H and O–H groups in total. The number of rotatable bonds is 25. The van der Waals surface area contributed by atoms with Gasteiger partial charge in [0.25, 0.3) is 0 Å². The number of amides is 2. The number of alkyl carbamates (subject to hydrolysis) is 2. The number of ether oxygens (including phenoxy) is 2. The van der Waals surface area contributed by atoms with E-state index in [1.54, 1.807) is 0 Å². The summed E-state index contributed by atoms with van der Waals surface area (Å²) in [5.74, 6) is 0. The first kappa shape index (κ1) is 49.7. The van der Waals surface area contributed by atoms with Gasteiger partial charge in [-0.1, -0.05) is 72.8 Å². The van der Waals surface area contributed by atoms with Gasteiger partial charge in [0.05, 0.1) is 33.4 Å². The molecule has 0 fully saturated rings. The minimum atomic E-state index is -0.525. The van der Waals surface area contributed by atoms with Crippen molar-refractivity contribution in [3.63, 3.8) is 0 Å². The SMILES string of the molecule is CC(C)(C)OC(=O)NCCCN(CCCCNc1c2ccccc2nc2ccccc12)CCCCN(CCCCNc1c2ccccc2nc2ccccc12)CCCNC(=O)OC(C)(C)C.